The largest absolute Gasteiger partial charge is 2.00 e. The summed E-state index contributed by atoms with van der Waals surface area (Å²) in [6.45, 7) is 9.97. The second kappa shape index (κ2) is 21.3. The monoisotopic (exact) mass is 905 g/mol. The van der Waals surface area contributed by atoms with Crippen LogP contribution in [0.15, 0.2) is 95.2 Å². The Kier molecular flexibility index (Phi) is 21.0. The minimum atomic E-state index is -0.304. The normalized spacial score (nSPS) is 10.0. The van der Waals surface area contributed by atoms with Crippen LogP contribution in [0.1, 0.15) is 39.2 Å². The number of aromatic nitrogens is 2. The minimum absolute atomic E-state index is 0. The fourth-order valence-electron chi connectivity index (χ4n) is 5.29. The van der Waals surface area contributed by atoms with E-state index in [1.807, 2.05) is 89.2 Å². The smallest absolute Gasteiger partial charge is 1.00 e. The summed E-state index contributed by atoms with van der Waals surface area (Å²) in [4.78, 5) is 30.1. The van der Waals surface area contributed by atoms with Crippen LogP contribution in [0, 0.1) is 44.7 Å². The molecule has 0 saturated carbocycles. The molecule has 0 unspecified atom stereocenters. The average Bonchev–Trinajstić information content (AvgIpc) is 2.97. The Balaban J connectivity index is 0. The van der Waals surface area contributed by atoms with Gasteiger partial charge in [-0.2, -0.15) is 0 Å². The van der Waals surface area contributed by atoms with Crippen molar-refractivity contribution in [3.63, 3.8) is 0 Å². The molecule has 0 spiro atoms. The molecule has 0 bridgehead atoms. The van der Waals surface area contributed by atoms with Crippen molar-refractivity contribution in [1.82, 2.24) is 9.97 Å². The van der Waals surface area contributed by atoms with Crippen molar-refractivity contribution >= 4 is 29.5 Å². The van der Waals surface area contributed by atoms with Crippen LogP contribution in [-0.4, -0.2) is 27.3 Å². The summed E-state index contributed by atoms with van der Waals surface area (Å²) in [7, 11) is 0. The quantitative estimate of drug-likeness (QED) is 0.0745. The summed E-state index contributed by atoms with van der Waals surface area (Å²) in [5, 5.41) is 12.3. The molecule has 0 aliphatic heterocycles. The molecule has 0 radical (unpaired) electrons. The van der Waals surface area contributed by atoms with E-state index in [-0.39, 0.29) is 101 Å². The van der Waals surface area contributed by atoms with Crippen LogP contribution in [0.2, 0.25) is 0 Å². The van der Waals surface area contributed by atoms with Crippen LogP contribution in [0.25, 0.3) is 22.3 Å². The number of nitro groups is 1. The van der Waals surface area contributed by atoms with Crippen molar-refractivity contribution in [2.75, 3.05) is 0 Å². The maximum atomic E-state index is 12.3. The van der Waals surface area contributed by atoms with Gasteiger partial charge in [-0.15, -0.1) is 0 Å². The minimum Gasteiger partial charge on any atom is -1.00 e. The third-order valence-electron chi connectivity index (χ3n) is 7.18. The SMILES string of the molecule is Cc1cc(-c2c(C)ccc([N+](=O)[O-])c2-c2cc(C)c(N=Cc3ccccn3)c(C)c2)cc(C)c1N=Cc1ccccn1.[Cl-].[Cl-].[Cl-].[Cl-].[Pd+2].[Pd+2]. The molecule has 0 amide bonds. The standard InChI is InChI=1S/C35H31N5O2.4ClH.2Pd/c1-22-12-13-31(40(41)42)33(28-18-25(4)35(26(5)19-28)39-21-30-11-7-9-15-37-30)32(22)27-16-23(2)34(24(3)17-27)38-20-29-10-6-8-14-36-29;;;;;;/h6-21H,1-5H3;4*1H;;/q;;;;;2*+2/p-4. The molecule has 2 heterocycles. The molecular formula is C35H31Cl4N5O2Pd2. The molecule has 0 saturated heterocycles. The zero-order valence-electron chi connectivity index (χ0n) is 26.4. The molecule has 0 aliphatic rings. The number of hydrogen-bond donors (Lipinski definition) is 0. The van der Waals surface area contributed by atoms with Gasteiger partial charge in [-0.05, 0) is 128 Å². The summed E-state index contributed by atoms with van der Waals surface area (Å²) in [5.74, 6) is 0. The van der Waals surface area contributed by atoms with Crippen molar-refractivity contribution in [3.8, 4) is 22.3 Å². The first-order valence-electron chi connectivity index (χ1n) is 13.6. The molecule has 0 aliphatic carbocycles. The number of nitro benzene ring substituents is 1. The first-order valence-corrected chi connectivity index (χ1v) is 13.6. The Morgan fingerprint density at radius 3 is 1.33 bits per heavy atom. The fraction of sp³-hybridized carbons (Fsp3) is 0.143. The van der Waals surface area contributed by atoms with Gasteiger partial charge < -0.3 is 49.6 Å². The van der Waals surface area contributed by atoms with Gasteiger partial charge in [-0.3, -0.25) is 30.1 Å². The molecule has 7 nitrogen and oxygen atoms in total. The van der Waals surface area contributed by atoms with E-state index in [1.54, 1.807) is 30.9 Å². The van der Waals surface area contributed by atoms with Gasteiger partial charge in [-0.1, -0.05) is 18.2 Å². The molecule has 256 valence electrons. The molecule has 2 aromatic heterocycles. The van der Waals surface area contributed by atoms with E-state index in [0.29, 0.717) is 5.56 Å². The van der Waals surface area contributed by atoms with Crippen molar-refractivity contribution < 1.29 is 95.4 Å². The predicted molar refractivity (Wildman–Crippen MR) is 171 cm³/mol. The van der Waals surface area contributed by atoms with E-state index < -0.39 is 0 Å². The molecule has 0 N–H and O–H groups in total. The van der Waals surface area contributed by atoms with Gasteiger partial charge in [0.25, 0.3) is 5.69 Å². The maximum absolute atomic E-state index is 12.3. The van der Waals surface area contributed by atoms with Crippen LogP contribution in [0.5, 0.6) is 0 Å². The molecule has 48 heavy (non-hydrogen) atoms. The van der Waals surface area contributed by atoms with Gasteiger partial charge in [0.05, 0.1) is 45.7 Å². The first-order chi connectivity index (χ1) is 20.2. The van der Waals surface area contributed by atoms with Crippen LogP contribution >= 0.6 is 0 Å². The van der Waals surface area contributed by atoms with E-state index in [0.717, 1.165) is 67.3 Å². The van der Waals surface area contributed by atoms with Crippen LogP contribution in [-0.2, 0) is 40.8 Å². The number of nitrogens with zero attached hydrogens (tertiary/aromatic N) is 5. The number of rotatable bonds is 7. The summed E-state index contributed by atoms with van der Waals surface area (Å²) >= 11 is 0. The Morgan fingerprint density at radius 2 is 0.979 bits per heavy atom. The van der Waals surface area contributed by atoms with Gasteiger partial charge in [0, 0.05) is 18.5 Å². The second-order valence-electron chi connectivity index (χ2n) is 10.4. The van der Waals surface area contributed by atoms with Gasteiger partial charge in [-0.25, -0.2) is 0 Å². The zero-order valence-corrected chi connectivity index (χ0v) is 32.6. The Labute approximate surface area is 333 Å². The van der Waals surface area contributed by atoms with E-state index in [2.05, 4.69) is 22.1 Å². The van der Waals surface area contributed by atoms with E-state index >= 15 is 0 Å². The van der Waals surface area contributed by atoms with Crippen molar-refractivity contribution in [3.05, 3.63) is 135 Å². The van der Waals surface area contributed by atoms with Crippen LogP contribution in [0.3, 0.4) is 0 Å². The number of aryl methyl sites for hydroxylation is 5. The molecule has 5 aromatic rings. The van der Waals surface area contributed by atoms with Crippen LogP contribution < -0.4 is 49.6 Å². The first kappa shape index (κ1) is 47.3. The third-order valence-corrected chi connectivity index (χ3v) is 7.18. The van der Waals surface area contributed by atoms with Gasteiger partial charge in [0.2, 0.25) is 0 Å². The molecule has 0 atom stereocenters. The molecule has 13 heteroatoms. The topological polar surface area (TPSA) is 93.6 Å². The Hall–Kier alpha value is -2.82. The summed E-state index contributed by atoms with van der Waals surface area (Å²) in [5.41, 5.74) is 11.1. The summed E-state index contributed by atoms with van der Waals surface area (Å²) in [6.07, 6.45) is 6.95. The third kappa shape index (κ3) is 10.8. The number of aliphatic imine (C=N–C) groups is 2. The van der Waals surface area contributed by atoms with Gasteiger partial charge in [0.15, 0.2) is 0 Å². The molecular weight excluding hydrogens is 877 g/mol. The van der Waals surface area contributed by atoms with Crippen molar-refractivity contribution in [1.29, 1.82) is 0 Å². The fourth-order valence-corrected chi connectivity index (χ4v) is 5.29. The van der Waals surface area contributed by atoms with Crippen molar-refractivity contribution in [2.45, 2.75) is 34.6 Å². The Bertz CT molecular complexity index is 1830. The maximum Gasteiger partial charge on any atom is 2.00 e. The molecule has 5 rings (SSSR count). The van der Waals surface area contributed by atoms with Gasteiger partial charge in [0.1, 0.15) is 0 Å². The van der Waals surface area contributed by atoms with Gasteiger partial charge >= 0.3 is 40.8 Å². The molecule has 0 fully saturated rings. The average molecular weight is 908 g/mol. The number of halogens is 4. The van der Waals surface area contributed by atoms with Crippen LogP contribution in [0.4, 0.5) is 17.1 Å². The van der Waals surface area contributed by atoms with E-state index in [4.69, 9.17) is 9.98 Å². The second-order valence-corrected chi connectivity index (χ2v) is 10.4. The van der Waals surface area contributed by atoms with E-state index in [9.17, 15) is 10.1 Å². The van der Waals surface area contributed by atoms with Crippen molar-refractivity contribution in [2.24, 2.45) is 9.98 Å². The summed E-state index contributed by atoms with van der Waals surface area (Å²) in [6, 6.07) is 22.8. The number of hydrogen-bond acceptors (Lipinski definition) is 6. The zero-order chi connectivity index (χ0) is 29.8. The Morgan fingerprint density at radius 1 is 0.583 bits per heavy atom. The summed E-state index contributed by atoms with van der Waals surface area (Å²) < 4.78 is 0. The van der Waals surface area contributed by atoms with E-state index in [1.165, 1.54) is 0 Å². The predicted octanol–water partition coefficient (Wildman–Crippen LogP) is -3.23. The number of pyridine rings is 2. The number of benzene rings is 3. The molecule has 3 aromatic carbocycles.